The molecule has 5 rings (SSSR count). The van der Waals surface area contributed by atoms with Crippen molar-refractivity contribution in [1.29, 1.82) is 5.41 Å². The fourth-order valence-electron chi connectivity index (χ4n) is 5.09. The molecule has 0 unspecified atom stereocenters. The smallest absolute Gasteiger partial charge is 0.208 e. The van der Waals surface area contributed by atoms with Gasteiger partial charge in [-0.2, -0.15) is 4.98 Å². The topological polar surface area (TPSA) is 89.4 Å². The van der Waals surface area contributed by atoms with Gasteiger partial charge in [-0.15, -0.1) is 0 Å². The molecular formula is C26H31N5O2. The minimum Gasteiger partial charge on any atom is -0.457 e. The second kappa shape index (κ2) is 8.56. The van der Waals surface area contributed by atoms with Gasteiger partial charge in [0.1, 0.15) is 22.8 Å². The number of nitrogens with zero attached hydrogens (tertiary/aromatic N) is 3. The van der Waals surface area contributed by atoms with E-state index >= 15 is 0 Å². The number of benzene rings is 2. The zero-order chi connectivity index (χ0) is 23.0. The number of nitrogen functional groups attached to an aromatic ring is 1. The van der Waals surface area contributed by atoms with Crippen LogP contribution >= 0.6 is 0 Å². The van der Waals surface area contributed by atoms with E-state index in [0.717, 1.165) is 62.0 Å². The zero-order valence-corrected chi connectivity index (χ0v) is 19.3. The highest BCUT2D eigenvalue weighted by Crippen LogP contribution is 2.42. The number of nitrogens with one attached hydrogen (secondary N) is 1. The number of rotatable bonds is 4. The summed E-state index contributed by atoms with van der Waals surface area (Å²) in [7, 11) is 1.89. The van der Waals surface area contributed by atoms with Gasteiger partial charge in [0, 0.05) is 20.1 Å². The summed E-state index contributed by atoms with van der Waals surface area (Å²) in [6, 6.07) is 17.3. The number of nitrogens with two attached hydrogens (primary N) is 1. The van der Waals surface area contributed by atoms with Crippen molar-refractivity contribution in [1.82, 2.24) is 9.55 Å². The maximum Gasteiger partial charge on any atom is 0.208 e. The van der Waals surface area contributed by atoms with E-state index in [4.69, 9.17) is 25.6 Å². The Morgan fingerprint density at radius 2 is 1.73 bits per heavy atom. The molecule has 33 heavy (non-hydrogen) atoms. The Bertz CT molecular complexity index is 1180. The highest BCUT2D eigenvalue weighted by atomic mass is 16.5. The lowest BCUT2D eigenvalue weighted by atomic mass is 9.77. The lowest BCUT2D eigenvalue weighted by Crippen LogP contribution is -2.43. The van der Waals surface area contributed by atoms with Crippen LogP contribution in [0.2, 0.25) is 0 Å². The number of piperidine rings is 1. The largest absolute Gasteiger partial charge is 0.457 e. The maximum atomic E-state index is 8.82. The van der Waals surface area contributed by atoms with Crippen LogP contribution in [0, 0.1) is 10.8 Å². The minimum atomic E-state index is 0.299. The molecule has 2 aliphatic heterocycles. The summed E-state index contributed by atoms with van der Waals surface area (Å²) < 4.78 is 13.6. The van der Waals surface area contributed by atoms with Crippen LogP contribution in [0.1, 0.15) is 26.2 Å². The highest BCUT2D eigenvalue weighted by Gasteiger charge is 2.41. The number of aromatic nitrogens is 2. The third-order valence-electron chi connectivity index (χ3n) is 6.97. The molecule has 172 valence electrons. The predicted octanol–water partition coefficient (Wildman–Crippen LogP) is 4.34. The summed E-state index contributed by atoms with van der Waals surface area (Å²) in [5, 5.41) is 8.82. The van der Waals surface area contributed by atoms with E-state index in [1.54, 1.807) is 0 Å². The number of hydrogen-bond acceptors (Lipinski definition) is 6. The molecule has 0 saturated carbocycles. The van der Waals surface area contributed by atoms with Crippen LogP contribution in [0.4, 0.5) is 11.8 Å². The molecule has 3 aromatic rings. The summed E-state index contributed by atoms with van der Waals surface area (Å²) in [5.74, 6) is 2.65. The maximum absolute atomic E-state index is 8.82. The van der Waals surface area contributed by atoms with Crippen molar-refractivity contribution in [2.45, 2.75) is 32.3 Å². The number of para-hydroxylation sites is 1. The number of ether oxygens (including phenoxy) is 2. The summed E-state index contributed by atoms with van der Waals surface area (Å²) in [6.45, 7) is 4.83. The molecule has 2 aliphatic rings. The Labute approximate surface area is 194 Å². The Hall–Kier alpha value is -3.32. The fraction of sp³-hybridized carbons (Fsp3) is 0.385. The Morgan fingerprint density at radius 1 is 1.06 bits per heavy atom. The van der Waals surface area contributed by atoms with E-state index in [9.17, 15) is 0 Å². The molecule has 2 fully saturated rings. The lowest BCUT2D eigenvalue weighted by Gasteiger charge is -2.39. The first-order chi connectivity index (χ1) is 15.9. The average Bonchev–Trinajstić information content (AvgIpc) is 3.18. The van der Waals surface area contributed by atoms with Crippen molar-refractivity contribution in [3.05, 3.63) is 60.1 Å². The SMILES string of the molecule is C[C@H]1CC2(CCN(c3nc(N)c(-c4ccc(Oc5ccccc5)cc4)c(=N)n3C)CC2)CO1. The van der Waals surface area contributed by atoms with Crippen molar-refractivity contribution in [2.75, 3.05) is 30.3 Å². The summed E-state index contributed by atoms with van der Waals surface area (Å²) in [6.07, 6.45) is 3.65. The normalized spacial score (nSPS) is 19.7. The van der Waals surface area contributed by atoms with Crippen LogP contribution in [-0.4, -0.2) is 35.4 Å². The second-order valence-corrected chi connectivity index (χ2v) is 9.33. The Kier molecular flexibility index (Phi) is 5.58. The zero-order valence-electron chi connectivity index (χ0n) is 19.3. The van der Waals surface area contributed by atoms with Gasteiger partial charge in [-0.1, -0.05) is 30.3 Å². The molecule has 3 heterocycles. The van der Waals surface area contributed by atoms with Gasteiger partial charge in [-0.05, 0) is 61.4 Å². The fourth-order valence-corrected chi connectivity index (χ4v) is 5.09. The minimum absolute atomic E-state index is 0.299. The molecule has 0 amide bonds. The van der Waals surface area contributed by atoms with Crippen LogP contribution in [0.5, 0.6) is 11.5 Å². The van der Waals surface area contributed by atoms with Crippen molar-refractivity contribution >= 4 is 11.8 Å². The standard InChI is InChI=1S/C26H31N5O2/c1-18-16-26(17-32-18)12-14-31(15-13-26)25-29-23(27)22(24(28)30(25)2)19-8-10-21(11-9-19)33-20-6-4-3-5-7-20/h3-11,18,28H,12-17,27H2,1-2H3/t18-/m0/s1. The third-order valence-corrected chi connectivity index (χ3v) is 6.97. The molecule has 7 heteroatoms. The van der Waals surface area contributed by atoms with Crippen LogP contribution in [0.15, 0.2) is 54.6 Å². The van der Waals surface area contributed by atoms with Crippen molar-refractivity contribution in [3.8, 4) is 22.6 Å². The van der Waals surface area contributed by atoms with Gasteiger partial charge < -0.3 is 20.1 Å². The van der Waals surface area contributed by atoms with Gasteiger partial charge in [0.15, 0.2) is 0 Å². The van der Waals surface area contributed by atoms with Crippen LogP contribution in [-0.2, 0) is 11.8 Å². The van der Waals surface area contributed by atoms with Crippen LogP contribution in [0.25, 0.3) is 11.1 Å². The lowest BCUT2D eigenvalue weighted by molar-refractivity contribution is 0.0974. The molecule has 1 aromatic heterocycles. The molecule has 0 aliphatic carbocycles. The Balaban J connectivity index is 1.36. The third kappa shape index (κ3) is 4.20. The number of anilines is 2. The van der Waals surface area contributed by atoms with E-state index in [1.807, 2.05) is 66.2 Å². The van der Waals surface area contributed by atoms with E-state index < -0.39 is 0 Å². The Morgan fingerprint density at radius 3 is 2.36 bits per heavy atom. The predicted molar refractivity (Wildman–Crippen MR) is 129 cm³/mol. The number of hydrogen-bond donors (Lipinski definition) is 2. The second-order valence-electron chi connectivity index (χ2n) is 9.33. The average molecular weight is 446 g/mol. The molecule has 1 atom stereocenters. The first-order valence-corrected chi connectivity index (χ1v) is 11.6. The van der Waals surface area contributed by atoms with Gasteiger partial charge in [0.2, 0.25) is 5.95 Å². The van der Waals surface area contributed by atoms with E-state index in [1.165, 1.54) is 0 Å². The van der Waals surface area contributed by atoms with Crippen molar-refractivity contribution in [2.24, 2.45) is 12.5 Å². The molecule has 7 nitrogen and oxygen atoms in total. The molecule has 0 radical (unpaired) electrons. The summed E-state index contributed by atoms with van der Waals surface area (Å²) in [5.41, 5.74) is 8.54. The first kappa shape index (κ1) is 21.5. The van der Waals surface area contributed by atoms with E-state index in [-0.39, 0.29) is 0 Å². The quantitative estimate of drug-likeness (QED) is 0.624. The van der Waals surface area contributed by atoms with Gasteiger partial charge in [0.05, 0.1) is 18.3 Å². The van der Waals surface area contributed by atoms with E-state index in [2.05, 4.69) is 11.8 Å². The highest BCUT2D eigenvalue weighted by molar-refractivity contribution is 5.74. The molecular weight excluding hydrogens is 414 g/mol. The summed E-state index contributed by atoms with van der Waals surface area (Å²) >= 11 is 0. The molecule has 2 aromatic carbocycles. The van der Waals surface area contributed by atoms with Crippen molar-refractivity contribution < 1.29 is 9.47 Å². The molecule has 2 saturated heterocycles. The van der Waals surface area contributed by atoms with Gasteiger partial charge in [0.25, 0.3) is 0 Å². The van der Waals surface area contributed by atoms with Gasteiger partial charge >= 0.3 is 0 Å². The summed E-state index contributed by atoms with van der Waals surface area (Å²) in [4.78, 5) is 6.99. The van der Waals surface area contributed by atoms with Crippen LogP contribution in [0.3, 0.4) is 0 Å². The van der Waals surface area contributed by atoms with Crippen molar-refractivity contribution in [3.63, 3.8) is 0 Å². The van der Waals surface area contributed by atoms with Gasteiger partial charge in [-0.3, -0.25) is 9.98 Å². The molecule has 0 bridgehead atoms. The monoisotopic (exact) mass is 445 g/mol. The van der Waals surface area contributed by atoms with Gasteiger partial charge in [-0.25, -0.2) is 0 Å². The first-order valence-electron chi connectivity index (χ1n) is 11.6. The molecule has 3 N–H and O–H groups in total. The van der Waals surface area contributed by atoms with Crippen LogP contribution < -0.4 is 20.9 Å². The molecule has 1 spiro atoms. The van der Waals surface area contributed by atoms with E-state index in [0.29, 0.717) is 28.4 Å².